The summed E-state index contributed by atoms with van der Waals surface area (Å²) in [5.41, 5.74) is -0.257. The number of nitro benzene ring substituents is 1. The third kappa shape index (κ3) is 3.09. The summed E-state index contributed by atoms with van der Waals surface area (Å²) < 4.78 is 13.1. The van der Waals surface area contributed by atoms with Crippen LogP contribution in [0.2, 0.25) is 0 Å². The van der Waals surface area contributed by atoms with Crippen molar-refractivity contribution in [1.29, 1.82) is 0 Å². The zero-order chi connectivity index (χ0) is 11.3. The first-order valence-electron chi connectivity index (χ1n) is 4.32. The standard InChI is InChI=1S/C9H11FN2O2S/c1-15-6-5-11-8-4-2-3-7(10)9(8)12(13)14/h2-4,11H,5-6H2,1H3. The molecule has 0 heterocycles. The molecule has 1 N–H and O–H groups in total. The number of benzene rings is 1. The molecular weight excluding hydrogens is 219 g/mol. The van der Waals surface area contributed by atoms with Gasteiger partial charge in [-0.2, -0.15) is 16.2 Å². The smallest absolute Gasteiger partial charge is 0.327 e. The van der Waals surface area contributed by atoms with Crippen LogP contribution in [0.1, 0.15) is 0 Å². The lowest BCUT2D eigenvalue weighted by atomic mass is 10.2. The molecule has 82 valence electrons. The number of thioether (sulfide) groups is 1. The number of nitro groups is 1. The van der Waals surface area contributed by atoms with E-state index in [1.165, 1.54) is 12.1 Å². The fourth-order valence-corrected chi connectivity index (χ4v) is 1.44. The first-order chi connectivity index (χ1) is 7.16. The van der Waals surface area contributed by atoms with Crippen molar-refractivity contribution in [1.82, 2.24) is 0 Å². The average Bonchev–Trinajstić information content (AvgIpc) is 2.17. The number of para-hydroxylation sites is 1. The summed E-state index contributed by atoms with van der Waals surface area (Å²) in [6.45, 7) is 0.575. The largest absolute Gasteiger partial charge is 0.379 e. The summed E-state index contributed by atoms with van der Waals surface area (Å²) in [4.78, 5) is 9.88. The Morgan fingerprint density at radius 2 is 2.33 bits per heavy atom. The van der Waals surface area contributed by atoms with Crippen LogP contribution in [0.3, 0.4) is 0 Å². The Hall–Kier alpha value is -1.30. The summed E-state index contributed by atoms with van der Waals surface area (Å²) in [5, 5.41) is 13.4. The van der Waals surface area contributed by atoms with Crippen molar-refractivity contribution in [2.24, 2.45) is 0 Å². The van der Waals surface area contributed by atoms with Gasteiger partial charge in [0, 0.05) is 12.3 Å². The van der Waals surface area contributed by atoms with Gasteiger partial charge in [-0.1, -0.05) is 6.07 Å². The van der Waals surface area contributed by atoms with Crippen LogP contribution in [0.15, 0.2) is 18.2 Å². The molecule has 6 heteroatoms. The van der Waals surface area contributed by atoms with Crippen molar-refractivity contribution in [2.75, 3.05) is 23.9 Å². The lowest BCUT2D eigenvalue weighted by Crippen LogP contribution is -2.07. The Morgan fingerprint density at radius 1 is 1.60 bits per heavy atom. The van der Waals surface area contributed by atoms with E-state index in [4.69, 9.17) is 0 Å². The zero-order valence-electron chi connectivity index (χ0n) is 8.20. The maximum atomic E-state index is 13.1. The highest BCUT2D eigenvalue weighted by atomic mass is 32.2. The van der Waals surface area contributed by atoms with E-state index >= 15 is 0 Å². The minimum atomic E-state index is -0.811. The molecule has 0 aliphatic carbocycles. The van der Waals surface area contributed by atoms with Crippen LogP contribution in [-0.2, 0) is 0 Å². The van der Waals surface area contributed by atoms with Gasteiger partial charge in [0.2, 0.25) is 5.82 Å². The van der Waals surface area contributed by atoms with Crippen molar-refractivity contribution in [3.8, 4) is 0 Å². The average molecular weight is 230 g/mol. The summed E-state index contributed by atoms with van der Waals surface area (Å²) >= 11 is 1.61. The molecule has 0 aliphatic rings. The van der Waals surface area contributed by atoms with Crippen molar-refractivity contribution in [2.45, 2.75) is 0 Å². The van der Waals surface area contributed by atoms with Crippen LogP contribution in [0.5, 0.6) is 0 Å². The van der Waals surface area contributed by atoms with Crippen LogP contribution in [0.4, 0.5) is 15.8 Å². The monoisotopic (exact) mass is 230 g/mol. The van der Waals surface area contributed by atoms with Crippen LogP contribution in [0, 0.1) is 15.9 Å². The van der Waals surface area contributed by atoms with Crippen molar-refractivity contribution >= 4 is 23.1 Å². The molecule has 0 bridgehead atoms. The van der Waals surface area contributed by atoms with E-state index in [-0.39, 0.29) is 5.69 Å². The molecule has 0 saturated heterocycles. The Labute approximate surface area is 91.0 Å². The van der Waals surface area contributed by atoms with Gasteiger partial charge in [0.15, 0.2) is 0 Å². The van der Waals surface area contributed by atoms with Gasteiger partial charge in [-0.25, -0.2) is 0 Å². The lowest BCUT2D eigenvalue weighted by molar-refractivity contribution is -0.386. The van der Waals surface area contributed by atoms with Crippen LogP contribution in [-0.4, -0.2) is 23.5 Å². The number of nitrogens with one attached hydrogen (secondary N) is 1. The molecule has 4 nitrogen and oxygen atoms in total. The minimum absolute atomic E-state index is 0.231. The minimum Gasteiger partial charge on any atom is -0.379 e. The number of halogens is 1. The quantitative estimate of drug-likeness (QED) is 0.479. The van der Waals surface area contributed by atoms with E-state index in [9.17, 15) is 14.5 Å². The maximum Gasteiger partial charge on any atom is 0.327 e. The van der Waals surface area contributed by atoms with E-state index in [2.05, 4.69) is 5.32 Å². The molecule has 0 atom stereocenters. The molecule has 0 fully saturated rings. The summed E-state index contributed by atoms with van der Waals surface area (Å²) in [5.74, 6) is 0.00219. The Kier molecular flexibility index (Phi) is 4.36. The summed E-state index contributed by atoms with van der Waals surface area (Å²) in [7, 11) is 0. The Bertz CT molecular complexity index is 360. The molecule has 0 aromatic heterocycles. The predicted octanol–water partition coefficient (Wildman–Crippen LogP) is 2.51. The van der Waals surface area contributed by atoms with E-state index in [0.29, 0.717) is 6.54 Å². The van der Waals surface area contributed by atoms with Gasteiger partial charge in [0.05, 0.1) is 4.92 Å². The second kappa shape index (κ2) is 5.55. The molecule has 0 amide bonds. The van der Waals surface area contributed by atoms with E-state index in [1.54, 1.807) is 11.8 Å². The molecule has 0 aliphatic heterocycles. The normalized spacial score (nSPS) is 10.0. The fraction of sp³-hybridized carbons (Fsp3) is 0.333. The molecule has 15 heavy (non-hydrogen) atoms. The van der Waals surface area contributed by atoms with Gasteiger partial charge in [-0.3, -0.25) is 10.1 Å². The number of rotatable bonds is 5. The van der Waals surface area contributed by atoms with Gasteiger partial charge in [0.1, 0.15) is 5.69 Å². The molecule has 1 rings (SSSR count). The van der Waals surface area contributed by atoms with Gasteiger partial charge in [0.25, 0.3) is 0 Å². The number of anilines is 1. The van der Waals surface area contributed by atoms with E-state index < -0.39 is 16.4 Å². The lowest BCUT2D eigenvalue weighted by Gasteiger charge is -2.05. The van der Waals surface area contributed by atoms with E-state index in [1.807, 2.05) is 6.26 Å². The van der Waals surface area contributed by atoms with E-state index in [0.717, 1.165) is 11.8 Å². The third-order valence-corrected chi connectivity index (χ3v) is 2.40. The van der Waals surface area contributed by atoms with Gasteiger partial charge < -0.3 is 5.32 Å². The van der Waals surface area contributed by atoms with Gasteiger partial charge in [-0.05, 0) is 18.4 Å². The van der Waals surface area contributed by atoms with Crippen LogP contribution >= 0.6 is 11.8 Å². The first kappa shape index (κ1) is 11.8. The van der Waals surface area contributed by atoms with Gasteiger partial charge >= 0.3 is 5.69 Å². The third-order valence-electron chi connectivity index (χ3n) is 1.79. The number of nitrogens with zero attached hydrogens (tertiary/aromatic N) is 1. The number of hydrogen-bond donors (Lipinski definition) is 1. The number of hydrogen-bond acceptors (Lipinski definition) is 4. The molecule has 0 unspecified atom stereocenters. The Morgan fingerprint density at radius 3 is 2.93 bits per heavy atom. The highest BCUT2D eigenvalue weighted by molar-refractivity contribution is 7.98. The topological polar surface area (TPSA) is 55.2 Å². The molecule has 0 radical (unpaired) electrons. The van der Waals surface area contributed by atoms with Crippen LogP contribution < -0.4 is 5.32 Å². The second-order valence-electron chi connectivity index (χ2n) is 2.81. The highest BCUT2D eigenvalue weighted by Crippen LogP contribution is 2.26. The molecule has 0 saturated carbocycles. The SMILES string of the molecule is CSCCNc1cccc(F)c1[N+](=O)[O-]. The van der Waals surface area contributed by atoms with Crippen molar-refractivity contribution in [3.05, 3.63) is 34.1 Å². The van der Waals surface area contributed by atoms with Crippen molar-refractivity contribution in [3.63, 3.8) is 0 Å². The molecule has 0 spiro atoms. The fourth-order valence-electron chi connectivity index (χ4n) is 1.13. The zero-order valence-corrected chi connectivity index (χ0v) is 9.01. The highest BCUT2D eigenvalue weighted by Gasteiger charge is 2.18. The van der Waals surface area contributed by atoms with Gasteiger partial charge in [-0.15, -0.1) is 0 Å². The molecule has 1 aromatic rings. The molecular formula is C9H11FN2O2S. The predicted molar refractivity (Wildman–Crippen MR) is 59.9 cm³/mol. The summed E-state index contributed by atoms with van der Waals surface area (Å²) in [6.07, 6.45) is 1.93. The second-order valence-corrected chi connectivity index (χ2v) is 3.80. The van der Waals surface area contributed by atoms with Crippen LogP contribution in [0.25, 0.3) is 0 Å². The van der Waals surface area contributed by atoms with Crippen molar-refractivity contribution < 1.29 is 9.31 Å². The summed E-state index contributed by atoms with van der Waals surface area (Å²) in [6, 6.07) is 4.03. The maximum absolute atomic E-state index is 13.1. The first-order valence-corrected chi connectivity index (χ1v) is 5.72. The molecule has 1 aromatic carbocycles. The Balaban J connectivity index is 2.86.